The minimum absolute atomic E-state index is 0.212. The third kappa shape index (κ3) is 2.67. The van der Waals surface area contributed by atoms with Crippen LogP contribution in [0.25, 0.3) is 0 Å². The lowest BCUT2D eigenvalue weighted by molar-refractivity contribution is 0.102. The van der Waals surface area contributed by atoms with Crippen molar-refractivity contribution in [1.82, 2.24) is 4.98 Å². The molecule has 6 heteroatoms. The number of nitrogens with two attached hydrogens (primary N) is 1. The first-order valence-electron chi connectivity index (χ1n) is 5.46. The van der Waals surface area contributed by atoms with E-state index in [1.54, 1.807) is 6.92 Å². The third-order valence-corrected chi connectivity index (χ3v) is 2.55. The van der Waals surface area contributed by atoms with Crippen LogP contribution in [0.3, 0.4) is 0 Å². The number of aromatic nitrogens is 1. The van der Waals surface area contributed by atoms with Crippen LogP contribution < -0.4 is 11.1 Å². The first kappa shape index (κ1) is 12.9. The summed E-state index contributed by atoms with van der Waals surface area (Å²) in [5, 5.41) is 2.29. The number of carbonyl (C=O) groups excluding carboxylic acids is 1. The van der Waals surface area contributed by atoms with Crippen molar-refractivity contribution in [1.29, 1.82) is 0 Å². The highest BCUT2D eigenvalue weighted by Gasteiger charge is 2.14. The fourth-order valence-electron chi connectivity index (χ4n) is 1.57. The van der Waals surface area contributed by atoms with Crippen molar-refractivity contribution in [2.75, 3.05) is 11.1 Å². The number of benzene rings is 1. The molecule has 0 saturated carbocycles. The first-order chi connectivity index (χ1) is 8.99. The first-order valence-corrected chi connectivity index (χ1v) is 5.46. The van der Waals surface area contributed by atoms with Gasteiger partial charge in [0.1, 0.15) is 0 Å². The van der Waals surface area contributed by atoms with Crippen LogP contribution in [-0.4, -0.2) is 10.9 Å². The van der Waals surface area contributed by atoms with Crippen LogP contribution in [0, 0.1) is 18.6 Å². The van der Waals surface area contributed by atoms with Gasteiger partial charge in [0.2, 0.25) is 0 Å². The molecular weight excluding hydrogens is 252 g/mol. The lowest BCUT2D eigenvalue weighted by Crippen LogP contribution is -2.15. The maximum absolute atomic E-state index is 13.4. The highest BCUT2D eigenvalue weighted by molar-refractivity contribution is 6.05. The largest absolute Gasteiger partial charge is 0.397 e. The molecule has 0 bridgehead atoms. The average molecular weight is 263 g/mol. The van der Waals surface area contributed by atoms with Crippen molar-refractivity contribution >= 4 is 17.3 Å². The van der Waals surface area contributed by atoms with Crippen LogP contribution in [0.5, 0.6) is 0 Å². The molecule has 98 valence electrons. The van der Waals surface area contributed by atoms with E-state index in [0.717, 1.165) is 6.07 Å². The second kappa shape index (κ2) is 5.01. The molecule has 0 aliphatic rings. The molecule has 1 aromatic heterocycles. The monoisotopic (exact) mass is 263 g/mol. The predicted octanol–water partition coefficient (Wildman–Crippen LogP) is 2.50. The molecule has 2 rings (SSSR count). The van der Waals surface area contributed by atoms with Gasteiger partial charge in [0.05, 0.1) is 28.8 Å². The lowest BCUT2D eigenvalue weighted by Gasteiger charge is -2.08. The third-order valence-electron chi connectivity index (χ3n) is 2.55. The summed E-state index contributed by atoms with van der Waals surface area (Å²) in [4.78, 5) is 15.9. The molecule has 0 aliphatic carbocycles. The number of hydrogen-bond acceptors (Lipinski definition) is 3. The van der Waals surface area contributed by atoms with Gasteiger partial charge in [0.15, 0.2) is 11.6 Å². The van der Waals surface area contributed by atoms with Gasteiger partial charge in [-0.2, -0.15) is 0 Å². The van der Waals surface area contributed by atoms with E-state index in [4.69, 9.17) is 5.73 Å². The highest BCUT2D eigenvalue weighted by atomic mass is 19.2. The second-order valence-corrected chi connectivity index (χ2v) is 3.96. The number of rotatable bonds is 2. The maximum Gasteiger partial charge on any atom is 0.257 e. The van der Waals surface area contributed by atoms with Crippen LogP contribution in [0.4, 0.5) is 20.2 Å². The van der Waals surface area contributed by atoms with E-state index in [0.29, 0.717) is 11.4 Å². The van der Waals surface area contributed by atoms with E-state index in [2.05, 4.69) is 10.3 Å². The van der Waals surface area contributed by atoms with Crippen molar-refractivity contribution < 1.29 is 13.6 Å². The molecule has 3 N–H and O–H groups in total. The topological polar surface area (TPSA) is 68.0 Å². The molecule has 0 radical (unpaired) electrons. The van der Waals surface area contributed by atoms with Gasteiger partial charge in [0, 0.05) is 0 Å². The highest BCUT2D eigenvalue weighted by Crippen LogP contribution is 2.18. The van der Waals surface area contributed by atoms with Crippen LogP contribution in [0.2, 0.25) is 0 Å². The van der Waals surface area contributed by atoms with Crippen LogP contribution in [0.15, 0.2) is 30.5 Å². The average Bonchev–Trinajstić information content (AvgIpc) is 2.38. The summed E-state index contributed by atoms with van der Waals surface area (Å²) in [6.07, 6.45) is 1.41. The smallest absolute Gasteiger partial charge is 0.257 e. The zero-order chi connectivity index (χ0) is 14.0. The minimum Gasteiger partial charge on any atom is -0.397 e. The fraction of sp³-hybridized carbons (Fsp3) is 0.0769. The molecule has 0 atom stereocenters. The molecule has 0 unspecified atom stereocenters. The normalized spacial score (nSPS) is 10.3. The summed E-state index contributed by atoms with van der Waals surface area (Å²) in [5.41, 5.74) is 6.28. The zero-order valence-electron chi connectivity index (χ0n) is 10.1. The summed E-state index contributed by atoms with van der Waals surface area (Å²) in [6.45, 7) is 1.62. The predicted molar refractivity (Wildman–Crippen MR) is 67.7 cm³/mol. The summed E-state index contributed by atoms with van der Waals surface area (Å²) >= 11 is 0. The molecule has 2 aromatic rings. The lowest BCUT2D eigenvalue weighted by atomic mass is 10.1. The van der Waals surface area contributed by atoms with Crippen molar-refractivity contribution in [2.24, 2.45) is 0 Å². The number of nitrogens with one attached hydrogen (secondary N) is 1. The Morgan fingerprint density at radius 1 is 1.37 bits per heavy atom. The van der Waals surface area contributed by atoms with E-state index < -0.39 is 17.5 Å². The Morgan fingerprint density at radius 2 is 2.11 bits per heavy atom. The van der Waals surface area contributed by atoms with Crippen molar-refractivity contribution in [2.45, 2.75) is 6.92 Å². The number of aryl methyl sites for hydroxylation is 1. The fourth-order valence-corrected chi connectivity index (χ4v) is 1.57. The number of halogens is 2. The van der Waals surface area contributed by atoms with Gasteiger partial charge < -0.3 is 11.1 Å². The van der Waals surface area contributed by atoms with Gasteiger partial charge in [-0.3, -0.25) is 9.78 Å². The summed E-state index contributed by atoms with van der Waals surface area (Å²) in [7, 11) is 0. The quantitative estimate of drug-likeness (QED) is 0.874. The van der Waals surface area contributed by atoms with Crippen molar-refractivity contribution in [3.8, 4) is 0 Å². The van der Waals surface area contributed by atoms with Gasteiger partial charge in [-0.05, 0) is 25.1 Å². The van der Waals surface area contributed by atoms with Gasteiger partial charge in [-0.25, -0.2) is 8.78 Å². The molecule has 4 nitrogen and oxygen atoms in total. The van der Waals surface area contributed by atoms with E-state index in [-0.39, 0.29) is 11.3 Å². The van der Waals surface area contributed by atoms with Crippen molar-refractivity contribution in [3.05, 3.63) is 53.4 Å². The summed E-state index contributed by atoms with van der Waals surface area (Å²) in [5.74, 6) is -2.73. The number of carbonyl (C=O) groups is 1. The van der Waals surface area contributed by atoms with Gasteiger partial charge in [-0.1, -0.05) is 6.07 Å². The van der Waals surface area contributed by atoms with E-state index in [1.807, 2.05) is 0 Å². The molecule has 1 amide bonds. The Bertz CT molecular complexity index is 644. The molecule has 19 heavy (non-hydrogen) atoms. The van der Waals surface area contributed by atoms with Crippen molar-refractivity contribution in [3.63, 3.8) is 0 Å². The number of nitrogen functional groups attached to an aromatic ring is 1. The number of pyridine rings is 1. The molecule has 0 fully saturated rings. The van der Waals surface area contributed by atoms with Crippen LogP contribution in [-0.2, 0) is 0 Å². The van der Waals surface area contributed by atoms with E-state index >= 15 is 0 Å². The molecule has 0 spiro atoms. The molecule has 0 aliphatic heterocycles. The number of nitrogens with zero attached hydrogens (tertiary/aromatic N) is 1. The zero-order valence-corrected chi connectivity index (χ0v) is 10.1. The molecular formula is C13H11F2N3O. The van der Waals surface area contributed by atoms with Gasteiger partial charge >= 0.3 is 0 Å². The summed E-state index contributed by atoms with van der Waals surface area (Å²) < 4.78 is 26.4. The number of amides is 1. The van der Waals surface area contributed by atoms with E-state index in [1.165, 1.54) is 24.4 Å². The standard InChI is InChI=1S/C13H11F2N3O/c1-7-9(5-8(16)6-17-7)13(19)18-11-4-2-3-10(14)12(11)15/h2-6H,16H2,1H3,(H,18,19). The Morgan fingerprint density at radius 3 is 2.84 bits per heavy atom. The van der Waals surface area contributed by atoms with Gasteiger partial charge in [0.25, 0.3) is 5.91 Å². The number of anilines is 2. The maximum atomic E-state index is 13.4. The van der Waals surface area contributed by atoms with Crippen LogP contribution in [0.1, 0.15) is 16.1 Å². The summed E-state index contributed by atoms with van der Waals surface area (Å²) in [6, 6.07) is 4.97. The van der Waals surface area contributed by atoms with E-state index in [9.17, 15) is 13.6 Å². The SMILES string of the molecule is Cc1ncc(N)cc1C(=O)Nc1cccc(F)c1F. The second-order valence-electron chi connectivity index (χ2n) is 3.96. The number of hydrogen-bond donors (Lipinski definition) is 2. The van der Waals surface area contributed by atoms with Gasteiger partial charge in [-0.15, -0.1) is 0 Å². The minimum atomic E-state index is -1.11. The molecule has 1 heterocycles. The Labute approximate surface area is 108 Å². The Hall–Kier alpha value is -2.50. The van der Waals surface area contributed by atoms with Crippen LogP contribution >= 0.6 is 0 Å². The Balaban J connectivity index is 2.31. The molecule has 1 aromatic carbocycles. The Kier molecular flexibility index (Phi) is 3.41. The molecule has 0 saturated heterocycles.